The number of carbonyl (C=O) groups is 1. The van der Waals surface area contributed by atoms with Gasteiger partial charge in [-0.15, -0.1) is 0 Å². The monoisotopic (exact) mass is 254 g/mol. The first-order chi connectivity index (χ1) is 8.56. The molecule has 1 aromatic rings. The van der Waals surface area contributed by atoms with E-state index in [-0.39, 0.29) is 11.9 Å². The van der Waals surface area contributed by atoms with Crippen molar-refractivity contribution in [2.24, 2.45) is 7.05 Å². The molecule has 0 aliphatic heterocycles. The van der Waals surface area contributed by atoms with E-state index in [2.05, 4.69) is 15.7 Å². The van der Waals surface area contributed by atoms with Gasteiger partial charge in [0, 0.05) is 25.7 Å². The summed E-state index contributed by atoms with van der Waals surface area (Å²) in [7, 11) is 3.42. The summed E-state index contributed by atoms with van der Waals surface area (Å²) in [6.45, 7) is 4.87. The van der Waals surface area contributed by atoms with Gasteiger partial charge in [0.05, 0.1) is 19.3 Å². The van der Waals surface area contributed by atoms with Crippen molar-refractivity contribution in [1.29, 1.82) is 0 Å². The molecule has 0 saturated heterocycles. The highest BCUT2D eigenvalue weighted by atomic mass is 16.5. The molecule has 0 fully saturated rings. The maximum absolute atomic E-state index is 11.5. The van der Waals surface area contributed by atoms with Crippen molar-refractivity contribution in [3.05, 3.63) is 11.8 Å². The van der Waals surface area contributed by atoms with Crippen LogP contribution in [0.2, 0.25) is 0 Å². The van der Waals surface area contributed by atoms with Crippen LogP contribution >= 0.6 is 0 Å². The number of ether oxygens (including phenoxy) is 1. The highest BCUT2D eigenvalue weighted by molar-refractivity contribution is 5.78. The Morgan fingerprint density at radius 3 is 2.89 bits per heavy atom. The molecule has 6 nitrogen and oxygen atoms in total. The molecule has 1 amide bonds. The van der Waals surface area contributed by atoms with Crippen LogP contribution in [0.25, 0.3) is 0 Å². The van der Waals surface area contributed by atoms with Gasteiger partial charge in [-0.3, -0.25) is 4.79 Å². The van der Waals surface area contributed by atoms with Gasteiger partial charge in [-0.25, -0.2) is 4.68 Å². The van der Waals surface area contributed by atoms with Gasteiger partial charge >= 0.3 is 0 Å². The third-order valence-corrected chi connectivity index (χ3v) is 2.71. The van der Waals surface area contributed by atoms with Crippen molar-refractivity contribution >= 4 is 5.91 Å². The van der Waals surface area contributed by atoms with E-state index in [4.69, 9.17) is 4.74 Å². The Morgan fingerprint density at radius 1 is 1.61 bits per heavy atom. The molecule has 18 heavy (non-hydrogen) atoms. The van der Waals surface area contributed by atoms with Gasteiger partial charge in [0.2, 0.25) is 11.8 Å². The fourth-order valence-electron chi connectivity index (χ4n) is 1.52. The Morgan fingerprint density at radius 2 is 2.33 bits per heavy atom. The van der Waals surface area contributed by atoms with E-state index in [9.17, 15) is 4.79 Å². The summed E-state index contributed by atoms with van der Waals surface area (Å²) in [5.41, 5.74) is 0.852. The SMILES string of the molecule is CCC(C)NC(=O)CNCc1cc(OC)n(C)n1. The number of nitrogens with one attached hydrogen (secondary N) is 2. The quantitative estimate of drug-likeness (QED) is 0.740. The van der Waals surface area contributed by atoms with Gasteiger partial charge in [0.15, 0.2) is 0 Å². The van der Waals surface area contributed by atoms with Gasteiger partial charge in [0.25, 0.3) is 0 Å². The Kier molecular flexibility index (Phi) is 5.64. The Hall–Kier alpha value is -1.56. The summed E-state index contributed by atoms with van der Waals surface area (Å²) in [5.74, 6) is 0.711. The van der Waals surface area contributed by atoms with Crippen molar-refractivity contribution in [2.75, 3.05) is 13.7 Å². The standard InChI is InChI=1S/C12H22N4O2/c1-5-9(2)14-11(17)8-13-7-10-6-12(18-4)16(3)15-10/h6,9,13H,5,7-8H2,1-4H3,(H,14,17). The van der Waals surface area contributed by atoms with Gasteiger partial charge in [-0.2, -0.15) is 5.10 Å². The van der Waals surface area contributed by atoms with Crippen LogP contribution in [0.15, 0.2) is 6.07 Å². The molecule has 1 atom stereocenters. The summed E-state index contributed by atoms with van der Waals surface area (Å²) in [6, 6.07) is 2.06. The van der Waals surface area contributed by atoms with Crippen molar-refractivity contribution in [2.45, 2.75) is 32.9 Å². The number of amides is 1. The topological polar surface area (TPSA) is 68.2 Å². The summed E-state index contributed by atoms with van der Waals surface area (Å²) >= 11 is 0. The van der Waals surface area contributed by atoms with Gasteiger partial charge < -0.3 is 15.4 Å². The Bertz CT molecular complexity index is 389. The van der Waals surface area contributed by atoms with Gasteiger partial charge in [-0.1, -0.05) is 6.92 Å². The van der Waals surface area contributed by atoms with Crippen molar-refractivity contribution in [3.8, 4) is 5.88 Å². The molecule has 0 aliphatic rings. The number of rotatable bonds is 7. The maximum Gasteiger partial charge on any atom is 0.234 e. The molecule has 1 heterocycles. The van der Waals surface area contributed by atoms with Crippen LogP contribution in [0.3, 0.4) is 0 Å². The first-order valence-electron chi connectivity index (χ1n) is 6.13. The molecule has 0 spiro atoms. The lowest BCUT2D eigenvalue weighted by molar-refractivity contribution is -0.120. The summed E-state index contributed by atoms with van der Waals surface area (Å²) in [4.78, 5) is 11.5. The van der Waals surface area contributed by atoms with Crippen molar-refractivity contribution in [1.82, 2.24) is 20.4 Å². The lowest BCUT2D eigenvalue weighted by atomic mass is 10.2. The zero-order valence-corrected chi connectivity index (χ0v) is 11.5. The van der Waals surface area contributed by atoms with Gasteiger partial charge in [0.1, 0.15) is 0 Å². The molecule has 102 valence electrons. The highest BCUT2D eigenvalue weighted by Gasteiger charge is 2.07. The molecule has 1 rings (SSSR count). The van der Waals surface area contributed by atoms with E-state index in [1.54, 1.807) is 11.8 Å². The minimum absolute atomic E-state index is 0.00671. The molecule has 0 bridgehead atoms. The fourth-order valence-corrected chi connectivity index (χ4v) is 1.52. The Balaban J connectivity index is 2.30. The van der Waals surface area contributed by atoms with E-state index in [1.807, 2.05) is 27.0 Å². The number of hydrogen-bond acceptors (Lipinski definition) is 4. The smallest absolute Gasteiger partial charge is 0.234 e. The van der Waals surface area contributed by atoms with Crippen LogP contribution in [0.1, 0.15) is 26.0 Å². The number of carbonyl (C=O) groups excluding carboxylic acids is 1. The van der Waals surface area contributed by atoms with E-state index in [0.717, 1.165) is 12.1 Å². The summed E-state index contributed by atoms with van der Waals surface area (Å²) in [5, 5.41) is 10.2. The second-order valence-corrected chi connectivity index (χ2v) is 4.28. The average Bonchev–Trinajstić information content (AvgIpc) is 2.69. The predicted molar refractivity (Wildman–Crippen MR) is 69.4 cm³/mol. The lowest BCUT2D eigenvalue weighted by Gasteiger charge is -2.11. The minimum Gasteiger partial charge on any atom is -0.481 e. The molecule has 1 aromatic heterocycles. The third-order valence-electron chi connectivity index (χ3n) is 2.71. The molecular formula is C12H22N4O2. The number of hydrogen-bond donors (Lipinski definition) is 2. The molecule has 0 radical (unpaired) electrons. The van der Waals surface area contributed by atoms with Crippen molar-refractivity contribution in [3.63, 3.8) is 0 Å². The fraction of sp³-hybridized carbons (Fsp3) is 0.667. The summed E-state index contributed by atoms with van der Waals surface area (Å²) in [6.07, 6.45) is 0.934. The van der Waals surface area contributed by atoms with Crippen LogP contribution in [0.4, 0.5) is 0 Å². The molecule has 2 N–H and O–H groups in total. The molecule has 6 heteroatoms. The number of nitrogens with zero attached hydrogens (tertiary/aromatic N) is 2. The predicted octanol–water partition coefficient (Wildman–Crippen LogP) is 0.433. The first-order valence-corrected chi connectivity index (χ1v) is 6.13. The molecule has 0 aliphatic carbocycles. The third kappa shape index (κ3) is 4.37. The van der Waals surface area contributed by atoms with Gasteiger partial charge in [-0.05, 0) is 13.3 Å². The normalized spacial score (nSPS) is 12.2. The highest BCUT2D eigenvalue weighted by Crippen LogP contribution is 2.10. The molecular weight excluding hydrogens is 232 g/mol. The zero-order valence-electron chi connectivity index (χ0n) is 11.5. The van der Waals surface area contributed by atoms with Crippen LogP contribution in [-0.2, 0) is 18.4 Å². The summed E-state index contributed by atoms with van der Waals surface area (Å²) < 4.78 is 6.78. The van der Waals surface area contributed by atoms with E-state index in [1.165, 1.54) is 0 Å². The maximum atomic E-state index is 11.5. The average molecular weight is 254 g/mol. The van der Waals surface area contributed by atoms with Crippen LogP contribution < -0.4 is 15.4 Å². The second kappa shape index (κ2) is 7.00. The van der Waals surface area contributed by atoms with Crippen LogP contribution in [0, 0.1) is 0 Å². The van der Waals surface area contributed by atoms with E-state index < -0.39 is 0 Å². The zero-order chi connectivity index (χ0) is 13.5. The van der Waals surface area contributed by atoms with E-state index in [0.29, 0.717) is 19.0 Å². The van der Waals surface area contributed by atoms with E-state index >= 15 is 0 Å². The number of methoxy groups -OCH3 is 1. The lowest BCUT2D eigenvalue weighted by Crippen LogP contribution is -2.38. The molecule has 1 unspecified atom stereocenters. The second-order valence-electron chi connectivity index (χ2n) is 4.28. The van der Waals surface area contributed by atoms with Crippen LogP contribution in [0.5, 0.6) is 5.88 Å². The van der Waals surface area contributed by atoms with Crippen molar-refractivity contribution < 1.29 is 9.53 Å². The largest absolute Gasteiger partial charge is 0.481 e. The molecule has 0 saturated carbocycles. The number of aromatic nitrogens is 2. The minimum atomic E-state index is 0.00671. The number of aryl methyl sites for hydroxylation is 1. The molecule has 0 aromatic carbocycles. The Labute approximate surface area is 108 Å². The first kappa shape index (κ1) is 14.5. The van der Waals surface area contributed by atoms with Crippen LogP contribution in [-0.4, -0.2) is 35.4 Å².